The summed E-state index contributed by atoms with van der Waals surface area (Å²) in [6, 6.07) is 19.8. The Kier molecular flexibility index (Phi) is 8.68. The molecule has 0 radical (unpaired) electrons. The number of carboxylic acids is 1. The van der Waals surface area contributed by atoms with E-state index in [4.69, 9.17) is 24.1 Å². The normalized spacial score (nSPS) is 17.9. The van der Waals surface area contributed by atoms with Crippen molar-refractivity contribution in [3.63, 3.8) is 0 Å². The predicted octanol–water partition coefficient (Wildman–Crippen LogP) is 5.08. The van der Waals surface area contributed by atoms with Gasteiger partial charge in [-0.25, -0.2) is 13.2 Å². The molecule has 1 N–H and O–H groups in total. The topological polar surface area (TPSA) is 108 Å². The molecule has 3 aromatic rings. The molecule has 2 saturated heterocycles. The van der Waals surface area contributed by atoms with Gasteiger partial charge in [0.1, 0.15) is 40.2 Å². The number of aliphatic carboxylic acids is 1. The van der Waals surface area contributed by atoms with Crippen LogP contribution in [0.2, 0.25) is 0 Å². The van der Waals surface area contributed by atoms with E-state index in [1.807, 2.05) is 42.5 Å². The first-order chi connectivity index (χ1) is 19.7. The molecule has 41 heavy (non-hydrogen) atoms. The number of carbonyl (C=O) groups is 1. The average Bonchev–Trinajstić information content (AvgIpc) is 2.92. The van der Waals surface area contributed by atoms with Gasteiger partial charge in [-0.1, -0.05) is 42.5 Å². The standard InChI is InChI=1S/C32H36O8S/c1-22-5-3-4-6-27(22)28-11-12-30(39-17-24-13-15-41(35,36)16-14-24)29(23(28)2)18-38-26-9-7-25(8-10-26)32(20-37-21-32)40-19-31(33)34/h3-12,24H,13-21H2,1-2H3,(H,33,34). The molecular formula is C32H36O8S. The molecule has 0 saturated carbocycles. The number of sulfone groups is 1. The number of carboxylic acid groups (broad SMARTS) is 1. The van der Waals surface area contributed by atoms with Crippen molar-refractivity contribution in [3.8, 4) is 22.6 Å². The molecule has 2 aliphatic rings. The van der Waals surface area contributed by atoms with E-state index in [0.29, 0.717) is 38.4 Å². The van der Waals surface area contributed by atoms with E-state index in [2.05, 4.69) is 32.0 Å². The lowest BCUT2D eigenvalue weighted by Gasteiger charge is -2.41. The zero-order valence-electron chi connectivity index (χ0n) is 23.4. The average molecular weight is 581 g/mol. The maximum absolute atomic E-state index is 11.9. The predicted molar refractivity (Wildman–Crippen MR) is 155 cm³/mol. The van der Waals surface area contributed by atoms with Crippen LogP contribution in [0.3, 0.4) is 0 Å². The molecule has 5 rings (SSSR count). The van der Waals surface area contributed by atoms with E-state index < -0.39 is 28.0 Å². The highest BCUT2D eigenvalue weighted by Crippen LogP contribution is 2.37. The van der Waals surface area contributed by atoms with Gasteiger partial charge in [-0.05, 0) is 78.6 Å². The summed E-state index contributed by atoms with van der Waals surface area (Å²) in [6.45, 7) is 5.12. The summed E-state index contributed by atoms with van der Waals surface area (Å²) in [7, 11) is -2.93. The molecule has 8 nitrogen and oxygen atoms in total. The van der Waals surface area contributed by atoms with Gasteiger partial charge in [-0.15, -0.1) is 0 Å². The minimum absolute atomic E-state index is 0.197. The molecule has 0 aliphatic carbocycles. The highest BCUT2D eigenvalue weighted by atomic mass is 32.2. The van der Waals surface area contributed by atoms with Gasteiger partial charge in [0.2, 0.25) is 0 Å². The fourth-order valence-corrected chi connectivity index (χ4v) is 6.95. The number of ether oxygens (including phenoxy) is 4. The minimum Gasteiger partial charge on any atom is -0.493 e. The van der Waals surface area contributed by atoms with Crippen molar-refractivity contribution in [2.45, 2.75) is 38.9 Å². The Morgan fingerprint density at radius 2 is 1.66 bits per heavy atom. The summed E-state index contributed by atoms with van der Waals surface area (Å²) in [5, 5.41) is 9.03. The van der Waals surface area contributed by atoms with Crippen LogP contribution in [0.25, 0.3) is 11.1 Å². The Balaban J connectivity index is 1.35. The molecule has 0 spiro atoms. The Hall–Kier alpha value is -3.40. The second-order valence-corrected chi connectivity index (χ2v) is 13.2. The van der Waals surface area contributed by atoms with Gasteiger partial charge in [0.05, 0.1) is 31.3 Å². The summed E-state index contributed by atoms with van der Waals surface area (Å²) in [4.78, 5) is 11.0. The molecular weight excluding hydrogens is 544 g/mol. The molecule has 0 amide bonds. The van der Waals surface area contributed by atoms with E-state index in [1.165, 1.54) is 5.56 Å². The van der Waals surface area contributed by atoms with Crippen molar-refractivity contribution < 1.29 is 37.3 Å². The van der Waals surface area contributed by atoms with Gasteiger partial charge < -0.3 is 24.1 Å². The second-order valence-electron chi connectivity index (χ2n) is 10.9. The van der Waals surface area contributed by atoms with Gasteiger partial charge in [0.25, 0.3) is 0 Å². The molecule has 0 aromatic heterocycles. The van der Waals surface area contributed by atoms with Gasteiger partial charge >= 0.3 is 5.97 Å². The zero-order valence-corrected chi connectivity index (χ0v) is 24.2. The summed E-state index contributed by atoms with van der Waals surface area (Å²) in [6.07, 6.45) is 1.23. The molecule has 0 atom stereocenters. The van der Waals surface area contributed by atoms with E-state index in [1.54, 1.807) is 0 Å². The van der Waals surface area contributed by atoms with Crippen LogP contribution in [-0.2, 0) is 36.3 Å². The first kappa shape index (κ1) is 29.1. The highest BCUT2D eigenvalue weighted by Gasteiger charge is 2.42. The lowest BCUT2D eigenvalue weighted by atomic mass is 9.91. The van der Waals surface area contributed by atoms with Crippen LogP contribution in [-0.4, -0.2) is 57.4 Å². The first-order valence-corrected chi connectivity index (χ1v) is 15.7. The molecule has 3 aromatic carbocycles. The fourth-order valence-electron chi connectivity index (χ4n) is 5.36. The minimum atomic E-state index is -2.93. The van der Waals surface area contributed by atoms with E-state index in [-0.39, 0.29) is 24.0 Å². The number of aryl methyl sites for hydroxylation is 1. The first-order valence-electron chi connectivity index (χ1n) is 13.8. The maximum atomic E-state index is 11.9. The largest absolute Gasteiger partial charge is 0.493 e. The number of hydrogen-bond acceptors (Lipinski definition) is 7. The van der Waals surface area contributed by atoms with Gasteiger partial charge in [0.15, 0.2) is 0 Å². The van der Waals surface area contributed by atoms with E-state index in [9.17, 15) is 13.2 Å². The lowest BCUT2D eigenvalue weighted by molar-refractivity contribution is -0.220. The Morgan fingerprint density at radius 3 is 2.29 bits per heavy atom. The highest BCUT2D eigenvalue weighted by molar-refractivity contribution is 7.91. The van der Waals surface area contributed by atoms with Crippen LogP contribution in [0, 0.1) is 19.8 Å². The van der Waals surface area contributed by atoms with Crippen molar-refractivity contribution in [2.75, 3.05) is 37.9 Å². The zero-order chi connectivity index (χ0) is 29.0. The maximum Gasteiger partial charge on any atom is 0.329 e. The Morgan fingerprint density at radius 1 is 0.951 bits per heavy atom. The van der Waals surface area contributed by atoms with Gasteiger partial charge in [-0.2, -0.15) is 0 Å². The van der Waals surface area contributed by atoms with Crippen molar-refractivity contribution in [2.24, 2.45) is 5.92 Å². The molecule has 0 bridgehead atoms. The van der Waals surface area contributed by atoms with Crippen molar-refractivity contribution >= 4 is 15.8 Å². The third-order valence-corrected chi connectivity index (χ3v) is 9.76. The molecule has 218 valence electrons. The smallest absolute Gasteiger partial charge is 0.329 e. The third kappa shape index (κ3) is 6.74. The number of benzene rings is 3. The SMILES string of the molecule is Cc1ccccc1-c1ccc(OCC2CCS(=O)(=O)CC2)c(COc2ccc(C3(OCC(=O)O)COC3)cc2)c1C. The Labute approximate surface area is 241 Å². The van der Waals surface area contributed by atoms with Gasteiger partial charge in [0, 0.05) is 5.56 Å². The third-order valence-electron chi connectivity index (χ3n) is 8.05. The molecule has 2 aliphatic heterocycles. The fraction of sp³-hybridized carbons (Fsp3) is 0.406. The number of hydrogen-bond donors (Lipinski definition) is 1. The summed E-state index contributed by atoms with van der Waals surface area (Å²) in [5.74, 6) is 0.998. The second kappa shape index (κ2) is 12.2. The summed E-state index contributed by atoms with van der Waals surface area (Å²) < 4.78 is 47.2. The van der Waals surface area contributed by atoms with E-state index in [0.717, 1.165) is 33.6 Å². The van der Waals surface area contributed by atoms with Crippen LogP contribution >= 0.6 is 0 Å². The van der Waals surface area contributed by atoms with Crippen molar-refractivity contribution in [1.82, 2.24) is 0 Å². The van der Waals surface area contributed by atoms with Crippen LogP contribution in [0.4, 0.5) is 0 Å². The van der Waals surface area contributed by atoms with Crippen LogP contribution in [0.5, 0.6) is 11.5 Å². The quantitative estimate of drug-likeness (QED) is 0.335. The molecule has 2 heterocycles. The lowest BCUT2D eigenvalue weighted by Crippen LogP contribution is -2.49. The molecule has 9 heteroatoms. The summed E-state index contributed by atoms with van der Waals surface area (Å²) in [5.41, 5.74) is 5.51. The molecule has 0 unspecified atom stereocenters. The monoisotopic (exact) mass is 580 g/mol. The summed E-state index contributed by atoms with van der Waals surface area (Å²) >= 11 is 0. The van der Waals surface area contributed by atoms with Crippen molar-refractivity contribution in [3.05, 3.63) is 82.9 Å². The Bertz CT molecular complexity index is 1480. The molecule has 2 fully saturated rings. The van der Waals surface area contributed by atoms with E-state index >= 15 is 0 Å². The van der Waals surface area contributed by atoms with Crippen LogP contribution in [0.15, 0.2) is 60.7 Å². The number of rotatable bonds is 11. The van der Waals surface area contributed by atoms with Crippen LogP contribution < -0.4 is 9.47 Å². The van der Waals surface area contributed by atoms with Crippen molar-refractivity contribution in [1.29, 1.82) is 0 Å². The van der Waals surface area contributed by atoms with Crippen LogP contribution in [0.1, 0.15) is 35.1 Å². The van der Waals surface area contributed by atoms with Gasteiger partial charge in [-0.3, -0.25) is 0 Å².